The van der Waals surface area contributed by atoms with Gasteiger partial charge in [-0.3, -0.25) is 4.90 Å². The molecule has 0 spiro atoms. The average molecular weight is 318 g/mol. The fourth-order valence-electron chi connectivity index (χ4n) is 2.21. The molecule has 1 aromatic carbocycles. The molecule has 116 valence electrons. The Hall–Kier alpha value is -0.220. The van der Waals surface area contributed by atoms with Gasteiger partial charge in [0.2, 0.25) is 0 Å². The molecule has 1 aliphatic rings. The fraction of sp³-hybridized carbons (Fsp3) is 0.625. The van der Waals surface area contributed by atoms with E-state index in [0.717, 1.165) is 6.54 Å². The Morgan fingerprint density at radius 2 is 1.75 bits per heavy atom. The largest absolute Gasteiger partial charge is 0.392 e. The molecular formula is C16H28ClNOS. The molecule has 4 heteroatoms. The van der Waals surface area contributed by atoms with E-state index in [9.17, 15) is 5.11 Å². The molecular weight excluding hydrogens is 290 g/mol. The second-order valence-electron chi connectivity index (χ2n) is 5.67. The highest BCUT2D eigenvalue weighted by Gasteiger charge is 2.14. The smallest absolute Gasteiger partial charge is 0.0639 e. The second-order valence-corrected chi connectivity index (χ2v) is 6.72. The fourth-order valence-corrected chi connectivity index (χ4v) is 3.14. The minimum Gasteiger partial charge on any atom is -0.392 e. The monoisotopic (exact) mass is 317 g/mol. The third-order valence-corrected chi connectivity index (χ3v) is 4.17. The van der Waals surface area contributed by atoms with Gasteiger partial charge < -0.3 is 5.11 Å². The van der Waals surface area contributed by atoms with Gasteiger partial charge in [-0.25, -0.2) is 0 Å². The Bertz CT molecular complexity index is 355. The minimum absolute atomic E-state index is 0. The summed E-state index contributed by atoms with van der Waals surface area (Å²) in [6.07, 6.45) is -0.222. The van der Waals surface area contributed by atoms with Crippen molar-refractivity contribution in [2.24, 2.45) is 0 Å². The van der Waals surface area contributed by atoms with Gasteiger partial charge in [0.15, 0.2) is 0 Å². The highest BCUT2D eigenvalue weighted by Crippen LogP contribution is 2.30. The van der Waals surface area contributed by atoms with E-state index < -0.39 is 0 Å². The Labute approximate surface area is 134 Å². The molecule has 0 aliphatic carbocycles. The molecule has 0 fully saturated rings. The van der Waals surface area contributed by atoms with E-state index in [2.05, 4.69) is 56.9 Å². The summed E-state index contributed by atoms with van der Waals surface area (Å²) in [6, 6.07) is 9.72. The van der Waals surface area contributed by atoms with Crippen molar-refractivity contribution in [2.45, 2.75) is 63.5 Å². The van der Waals surface area contributed by atoms with Crippen LogP contribution in [0.25, 0.3) is 0 Å². The molecule has 2 nitrogen and oxygen atoms in total. The van der Waals surface area contributed by atoms with Crippen molar-refractivity contribution in [2.75, 3.05) is 6.54 Å². The summed E-state index contributed by atoms with van der Waals surface area (Å²) >= 11 is 1.92. The molecule has 0 radical (unpaired) electrons. The quantitative estimate of drug-likeness (QED) is 0.900. The predicted molar refractivity (Wildman–Crippen MR) is 91.9 cm³/mol. The molecule has 0 saturated heterocycles. The summed E-state index contributed by atoms with van der Waals surface area (Å²) in [4.78, 5) is 3.70. The van der Waals surface area contributed by atoms with Crippen molar-refractivity contribution in [3.8, 4) is 0 Å². The van der Waals surface area contributed by atoms with Gasteiger partial charge in [0.25, 0.3) is 0 Å². The first kappa shape index (κ1) is 19.8. The normalized spacial score (nSPS) is 14.1. The number of fused-ring (bicyclic) bond motifs is 2. The third-order valence-electron chi connectivity index (χ3n) is 3.11. The van der Waals surface area contributed by atoms with Gasteiger partial charge in [-0.05, 0) is 52.3 Å². The molecule has 2 rings (SSSR count). The van der Waals surface area contributed by atoms with Gasteiger partial charge in [0.1, 0.15) is 0 Å². The molecule has 1 unspecified atom stereocenters. The van der Waals surface area contributed by atoms with Crippen LogP contribution in [0.15, 0.2) is 29.2 Å². The van der Waals surface area contributed by atoms with Gasteiger partial charge in [-0.15, -0.1) is 24.2 Å². The molecule has 1 atom stereocenters. The number of hydrogen-bond donors (Lipinski definition) is 1. The van der Waals surface area contributed by atoms with Gasteiger partial charge in [0.05, 0.1) is 6.10 Å². The number of rotatable bonds is 4. The molecule has 1 aliphatic heterocycles. The zero-order valence-corrected chi connectivity index (χ0v) is 14.8. The Morgan fingerprint density at radius 1 is 1.15 bits per heavy atom. The number of benzene rings is 1. The van der Waals surface area contributed by atoms with Crippen molar-refractivity contribution in [1.82, 2.24) is 4.90 Å². The molecule has 1 N–H and O–H groups in total. The maximum Gasteiger partial charge on any atom is 0.0639 e. The maximum atomic E-state index is 9.18. The lowest BCUT2D eigenvalue weighted by Gasteiger charge is -2.31. The molecule has 1 aromatic rings. The molecule has 0 saturated carbocycles. The molecule has 0 amide bonds. The van der Waals surface area contributed by atoms with Crippen LogP contribution in [0.5, 0.6) is 0 Å². The van der Waals surface area contributed by atoms with Crippen LogP contribution in [-0.2, 0) is 5.75 Å². The van der Waals surface area contributed by atoms with Crippen molar-refractivity contribution in [3.63, 3.8) is 0 Å². The van der Waals surface area contributed by atoms with Crippen LogP contribution in [-0.4, -0.2) is 34.7 Å². The molecule has 2 bridgehead atoms. The maximum absolute atomic E-state index is 9.18. The summed E-state index contributed by atoms with van der Waals surface area (Å²) in [6.45, 7) is 11.2. The second kappa shape index (κ2) is 9.67. The van der Waals surface area contributed by atoms with Crippen LogP contribution < -0.4 is 0 Å². The highest BCUT2D eigenvalue weighted by molar-refractivity contribution is 7.98. The number of aliphatic hydroxyl groups is 1. The number of nitrogens with zero attached hydrogens (tertiary/aromatic N) is 1. The standard InChI is InChI=1S/C9H21NO.C7H6S.ClH/c1-7(2)10(8(3)4)6-9(5)11;1-2-6-4-7(3-1)8-5-6;/h7-9,11H,6H2,1-5H3;1-4H,5H2;1H. The van der Waals surface area contributed by atoms with Gasteiger partial charge in [-0.1, -0.05) is 12.1 Å². The predicted octanol–water partition coefficient (Wildman–Crippen LogP) is 4.20. The van der Waals surface area contributed by atoms with Crippen LogP contribution in [0, 0.1) is 0 Å². The van der Waals surface area contributed by atoms with Crippen LogP contribution >= 0.6 is 24.2 Å². The van der Waals surface area contributed by atoms with Crippen molar-refractivity contribution >= 4 is 24.2 Å². The van der Waals surface area contributed by atoms with Crippen molar-refractivity contribution in [3.05, 3.63) is 29.8 Å². The summed E-state index contributed by atoms with van der Waals surface area (Å²) < 4.78 is 0. The molecule has 1 heterocycles. The van der Waals surface area contributed by atoms with E-state index in [1.165, 1.54) is 16.2 Å². The average Bonchev–Trinajstić information content (AvgIpc) is 2.65. The highest BCUT2D eigenvalue weighted by atomic mass is 35.5. The SMILES string of the molecule is CC(O)CN(C(C)C)C(C)C.Cl.c1cc2cc(c1)SC2. The third kappa shape index (κ3) is 6.98. The minimum atomic E-state index is -0.222. The van der Waals surface area contributed by atoms with Crippen LogP contribution in [0.2, 0.25) is 0 Å². The Morgan fingerprint density at radius 3 is 2.10 bits per heavy atom. The van der Waals surface area contributed by atoms with Gasteiger partial charge in [-0.2, -0.15) is 0 Å². The first-order valence-corrected chi connectivity index (χ1v) is 8.04. The summed E-state index contributed by atoms with van der Waals surface area (Å²) in [5.41, 5.74) is 1.47. The number of halogens is 1. The zero-order chi connectivity index (χ0) is 14.4. The van der Waals surface area contributed by atoms with Crippen molar-refractivity contribution in [1.29, 1.82) is 0 Å². The molecule has 20 heavy (non-hydrogen) atoms. The topological polar surface area (TPSA) is 23.5 Å². The van der Waals surface area contributed by atoms with Crippen LogP contribution in [0.1, 0.15) is 40.2 Å². The first-order chi connectivity index (χ1) is 8.90. The lowest BCUT2D eigenvalue weighted by molar-refractivity contribution is 0.0862. The summed E-state index contributed by atoms with van der Waals surface area (Å²) in [5, 5.41) is 9.18. The van der Waals surface area contributed by atoms with E-state index in [-0.39, 0.29) is 18.5 Å². The molecule has 0 aromatic heterocycles. The summed E-state index contributed by atoms with van der Waals surface area (Å²) in [7, 11) is 0. The van der Waals surface area contributed by atoms with E-state index in [1.54, 1.807) is 0 Å². The Balaban J connectivity index is 0.000000354. The van der Waals surface area contributed by atoms with Gasteiger partial charge in [0, 0.05) is 29.3 Å². The number of aliphatic hydroxyl groups excluding tert-OH is 1. The van der Waals surface area contributed by atoms with Crippen LogP contribution in [0.4, 0.5) is 0 Å². The van der Waals surface area contributed by atoms with E-state index in [0.29, 0.717) is 12.1 Å². The van der Waals surface area contributed by atoms with Crippen LogP contribution in [0.3, 0.4) is 0 Å². The number of hydrogen-bond acceptors (Lipinski definition) is 3. The Kier molecular flexibility index (Phi) is 9.56. The van der Waals surface area contributed by atoms with Gasteiger partial charge >= 0.3 is 0 Å². The summed E-state index contributed by atoms with van der Waals surface area (Å²) in [5.74, 6) is 1.18. The van der Waals surface area contributed by atoms with E-state index in [1.807, 2.05) is 18.7 Å². The lowest BCUT2D eigenvalue weighted by Crippen LogP contribution is -2.41. The van der Waals surface area contributed by atoms with Crippen molar-refractivity contribution < 1.29 is 5.11 Å². The van der Waals surface area contributed by atoms with E-state index >= 15 is 0 Å². The lowest BCUT2D eigenvalue weighted by atomic mass is 10.2. The van der Waals surface area contributed by atoms with E-state index in [4.69, 9.17) is 0 Å². The number of thioether (sulfide) groups is 1. The zero-order valence-electron chi connectivity index (χ0n) is 13.2. The first-order valence-electron chi connectivity index (χ1n) is 7.05.